The fourth-order valence-electron chi connectivity index (χ4n) is 0.357. The highest BCUT2D eigenvalue weighted by atomic mass is 16.4. The average Bonchev–Trinajstić information content (AvgIpc) is 2.05. The molecule has 0 saturated heterocycles. The lowest BCUT2D eigenvalue weighted by molar-refractivity contribution is -0.140. The van der Waals surface area contributed by atoms with Crippen molar-refractivity contribution in [3.05, 3.63) is 0 Å². The second kappa shape index (κ2) is 7.50. The molecule has 4 N–H and O–H groups in total. The first-order valence-corrected chi connectivity index (χ1v) is 3.68. The Bertz CT molecular complexity index is 106. The Morgan fingerprint density at radius 1 is 1.55 bits per heavy atom. The maximum absolute atomic E-state index is 10.1. The Morgan fingerprint density at radius 2 is 1.91 bits per heavy atom. The van der Waals surface area contributed by atoms with E-state index in [4.69, 9.17) is 15.9 Å². The Hall–Kier alpha value is -0.610. The first kappa shape index (κ1) is 13.0. The van der Waals surface area contributed by atoms with E-state index in [1.807, 2.05) is 13.8 Å². The van der Waals surface area contributed by atoms with Gasteiger partial charge in [-0.2, -0.15) is 0 Å². The summed E-state index contributed by atoms with van der Waals surface area (Å²) in [6.45, 7) is 5.40. The standard InChI is InChI=1S/C5H11NO3.C2H6/c1-3(2-7)4(6)5(8)9;1-2/h3-4,7H,2,6H2,1H3,(H,8,9);1-2H3. The number of carboxylic acids is 1. The van der Waals surface area contributed by atoms with Crippen LogP contribution in [-0.4, -0.2) is 28.8 Å². The summed E-state index contributed by atoms with van der Waals surface area (Å²) in [6, 6.07) is -0.949. The molecule has 2 atom stereocenters. The molecule has 11 heavy (non-hydrogen) atoms. The van der Waals surface area contributed by atoms with Crippen molar-refractivity contribution in [2.24, 2.45) is 11.7 Å². The Morgan fingerprint density at radius 3 is 2.00 bits per heavy atom. The zero-order valence-electron chi connectivity index (χ0n) is 7.24. The van der Waals surface area contributed by atoms with Crippen molar-refractivity contribution in [2.45, 2.75) is 26.8 Å². The van der Waals surface area contributed by atoms with Gasteiger partial charge in [-0.05, 0) is 0 Å². The van der Waals surface area contributed by atoms with Crippen LogP contribution >= 0.6 is 0 Å². The van der Waals surface area contributed by atoms with E-state index in [9.17, 15) is 4.79 Å². The lowest BCUT2D eigenvalue weighted by Gasteiger charge is -2.11. The predicted octanol–water partition coefficient (Wildman–Crippen LogP) is 0.0529. The van der Waals surface area contributed by atoms with E-state index in [2.05, 4.69) is 0 Å². The van der Waals surface area contributed by atoms with Gasteiger partial charge in [0.15, 0.2) is 0 Å². The van der Waals surface area contributed by atoms with Gasteiger partial charge in [0.05, 0.1) is 0 Å². The third-order valence-corrected chi connectivity index (χ3v) is 1.19. The zero-order valence-corrected chi connectivity index (χ0v) is 7.24. The number of nitrogens with two attached hydrogens (primary N) is 1. The van der Waals surface area contributed by atoms with Gasteiger partial charge in [-0.25, -0.2) is 0 Å². The summed E-state index contributed by atoms with van der Waals surface area (Å²) < 4.78 is 0. The third kappa shape index (κ3) is 5.82. The van der Waals surface area contributed by atoms with Crippen molar-refractivity contribution < 1.29 is 15.0 Å². The van der Waals surface area contributed by atoms with Crippen LogP contribution in [0, 0.1) is 5.92 Å². The number of rotatable bonds is 3. The first-order valence-electron chi connectivity index (χ1n) is 3.68. The molecular weight excluding hydrogens is 146 g/mol. The lowest BCUT2D eigenvalue weighted by Crippen LogP contribution is -2.38. The minimum absolute atomic E-state index is 0.187. The van der Waals surface area contributed by atoms with Crippen molar-refractivity contribution in [1.82, 2.24) is 0 Å². The van der Waals surface area contributed by atoms with Gasteiger partial charge < -0.3 is 15.9 Å². The molecule has 0 bridgehead atoms. The second-order valence-electron chi connectivity index (χ2n) is 2.02. The van der Waals surface area contributed by atoms with E-state index in [1.165, 1.54) is 0 Å². The van der Waals surface area contributed by atoms with Crippen LogP contribution in [0.2, 0.25) is 0 Å². The molecule has 0 aliphatic rings. The Kier molecular flexibility index (Phi) is 8.87. The number of aliphatic hydroxyl groups excluding tert-OH is 1. The van der Waals surface area contributed by atoms with E-state index in [0.717, 1.165) is 0 Å². The third-order valence-electron chi connectivity index (χ3n) is 1.19. The largest absolute Gasteiger partial charge is 0.480 e. The molecule has 0 rings (SSSR count). The maximum atomic E-state index is 10.1. The maximum Gasteiger partial charge on any atom is 0.320 e. The van der Waals surface area contributed by atoms with Crippen molar-refractivity contribution in [1.29, 1.82) is 0 Å². The first-order chi connectivity index (χ1) is 5.09. The van der Waals surface area contributed by atoms with Crippen LogP contribution in [0.5, 0.6) is 0 Å². The number of carboxylic acid groups (broad SMARTS) is 1. The van der Waals surface area contributed by atoms with Gasteiger partial charge in [0, 0.05) is 12.5 Å². The van der Waals surface area contributed by atoms with Crippen molar-refractivity contribution in [3.8, 4) is 0 Å². The van der Waals surface area contributed by atoms with E-state index in [-0.39, 0.29) is 12.5 Å². The predicted molar refractivity (Wildman–Crippen MR) is 43.2 cm³/mol. The molecule has 0 aromatic carbocycles. The zero-order chi connectivity index (χ0) is 9.44. The van der Waals surface area contributed by atoms with E-state index in [1.54, 1.807) is 6.92 Å². The summed E-state index contributed by atoms with van der Waals surface area (Å²) in [7, 11) is 0. The molecule has 0 fully saturated rings. The molecule has 4 heteroatoms. The Labute approximate surface area is 67.0 Å². The van der Waals surface area contributed by atoms with Gasteiger partial charge in [0.2, 0.25) is 0 Å². The molecule has 0 aromatic rings. The van der Waals surface area contributed by atoms with Crippen molar-refractivity contribution >= 4 is 5.97 Å². The summed E-state index contributed by atoms with van der Waals surface area (Å²) >= 11 is 0. The molecule has 0 aromatic heterocycles. The summed E-state index contributed by atoms with van der Waals surface area (Å²) in [6.07, 6.45) is 0. The number of hydrogen-bond acceptors (Lipinski definition) is 3. The van der Waals surface area contributed by atoms with E-state index in [0.29, 0.717) is 0 Å². The van der Waals surface area contributed by atoms with Gasteiger partial charge in [-0.1, -0.05) is 20.8 Å². The van der Waals surface area contributed by atoms with Crippen LogP contribution in [0.3, 0.4) is 0 Å². The van der Waals surface area contributed by atoms with Gasteiger partial charge in [0.25, 0.3) is 0 Å². The summed E-state index contributed by atoms with van der Waals surface area (Å²) in [5.41, 5.74) is 5.11. The lowest BCUT2D eigenvalue weighted by atomic mass is 10.1. The highest BCUT2D eigenvalue weighted by Crippen LogP contribution is 1.97. The van der Waals surface area contributed by atoms with Gasteiger partial charge in [-0.3, -0.25) is 4.79 Å². The number of carbonyl (C=O) groups is 1. The SMILES string of the molecule is CC.CC(CO)C(N)C(=O)O. The molecule has 0 amide bonds. The van der Waals surface area contributed by atoms with Crippen LogP contribution in [0.1, 0.15) is 20.8 Å². The molecule has 4 nitrogen and oxygen atoms in total. The summed E-state index contributed by atoms with van der Waals surface area (Å²) in [5, 5.41) is 16.7. The molecule has 68 valence electrons. The quantitative estimate of drug-likeness (QED) is 0.549. The number of aliphatic hydroxyl groups is 1. The van der Waals surface area contributed by atoms with Gasteiger partial charge in [-0.15, -0.1) is 0 Å². The minimum Gasteiger partial charge on any atom is -0.480 e. The molecule has 0 radical (unpaired) electrons. The second-order valence-corrected chi connectivity index (χ2v) is 2.02. The van der Waals surface area contributed by atoms with Gasteiger partial charge in [0.1, 0.15) is 6.04 Å². The molecule has 0 saturated carbocycles. The van der Waals surface area contributed by atoms with Crippen LogP contribution in [0.4, 0.5) is 0 Å². The van der Waals surface area contributed by atoms with Crippen molar-refractivity contribution in [3.63, 3.8) is 0 Å². The molecular formula is C7H17NO3. The van der Waals surface area contributed by atoms with E-state index < -0.39 is 12.0 Å². The average molecular weight is 163 g/mol. The van der Waals surface area contributed by atoms with Crippen LogP contribution in [0.15, 0.2) is 0 Å². The topological polar surface area (TPSA) is 83.5 Å². The molecule has 0 heterocycles. The van der Waals surface area contributed by atoms with E-state index >= 15 is 0 Å². The van der Waals surface area contributed by atoms with Gasteiger partial charge >= 0.3 is 5.97 Å². The van der Waals surface area contributed by atoms with Crippen LogP contribution < -0.4 is 5.73 Å². The normalized spacial score (nSPS) is 14.3. The highest BCUT2D eigenvalue weighted by molar-refractivity contribution is 5.73. The minimum atomic E-state index is -1.07. The summed E-state index contributed by atoms with van der Waals surface area (Å²) in [4.78, 5) is 10.1. The summed E-state index contributed by atoms with van der Waals surface area (Å²) in [5.74, 6) is -1.45. The number of aliphatic carboxylic acids is 1. The fraction of sp³-hybridized carbons (Fsp3) is 0.857. The Balaban J connectivity index is 0. The smallest absolute Gasteiger partial charge is 0.320 e. The fourth-order valence-corrected chi connectivity index (χ4v) is 0.357. The van der Waals surface area contributed by atoms with Crippen molar-refractivity contribution in [2.75, 3.05) is 6.61 Å². The van der Waals surface area contributed by atoms with Crippen LogP contribution in [-0.2, 0) is 4.79 Å². The molecule has 0 spiro atoms. The highest BCUT2D eigenvalue weighted by Gasteiger charge is 2.18. The number of hydrogen-bond donors (Lipinski definition) is 3. The molecule has 2 unspecified atom stereocenters. The molecule has 0 aliphatic heterocycles. The monoisotopic (exact) mass is 163 g/mol. The molecule has 0 aliphatic carbocycles. The van der Waals surface area contributed by atoms with Crippen LogP contribution in [0.25, 0.3) is 0 Å².